The summed E-state index contributed by atoms with van der Waals surface area (Å²) in [4.78, 5) is 4.70. The molecule has 0 saturated carbocycles. The van der Waals surface area contributed by atoms with Crippen LogP contribution in [0.5, 0.6) is 0 Å². The number of hydrogen-bond donors (Lipinski definition) is 0. The standard InChI is InChI=1S/C9H10INO/c1-7(11-12-2)8-5-3-4-6-9(8)10/h3-6H,1-2H3/b11-7+. The lowest BCUT2D eigenvalue weighted by Gasteiger charge is -2.01. The fourth-order valence-electron chi connectivity index (χ4n) is 0.941. The molecule has 0 spiro atoms. The molecule has 2 nitrogen and oxygen atoms in total. The van der Waals surface area contributed by atoms with E-state index in [9.17, 15) is 0 Å². The average molecular weight is 275 g/mol. The molecule has 0 amide bonds. The molecule has 0 aliphatic carbocycles. The number of hydrogen-bond acceptors (Lipinski definition) is 2. The first-order chi connectivity index (χ1) is 5.75. The summed E-state index contributed by atoms with van der Waals surface area (Å²) in [5.41, 5.74) is 2.03. The maximum Gasteiger partial charge on any atom is 0.106 e. The number of oxime groups is 1. The minimum Gasteiger partial charge on any atom is -0.399 e. The fourth-order valence-corrected chi connectivity index (χ4v) is 1.72. The third-order valence-corrected chi connectivity index (χ3v) is 2.43. The number of benzene rings is 1. The first-order valence-electron chi connectivity index (χ1n) is 3.58. The summed E-state index contributed by atoms with van der Waals surface area (Å²) < 4.78 is 1.19. The minimum atomic E-state index is 0.905. The van der Waals surface area contributed by atoms with E-state index in [1.807, 2.05) is 31.2 Å². The van der Waals surface area contributed by atoms with Crippen LogP contribution in [0.25, 0.3) is 0 Å². The molecule has 1 rings (SSSR count). The van der Waals surface area contributed by atoms with Gasteiger partial charge in [-0.15, -0.1) is 0 Å². The molecule has 0 heterocycles. The van der Waals surface area contributed by atoms with Crippen LogP contribution < -0.4 is 0 Å². The highest BCUT2D eigenvalue weighted by molar-refractivity contribution is 14.1. The first kappa shape index (κ1) is 9.51. The van der Waals surface area contributed by atoms with E-state index >= 15 is 0 Å². The van der Waals surface area contributed by atoms with Crippen molar-refractivity contribution in [2.45, 2.75) is 6.92 Å². The van der Waals surface area contributed by atoms with Crippen LogP contribution in [0.2, 0.25) is 0 Å². The Hall–Kier alpha value is -0.580. The van der Waals surface area contributed by atoms with Gasteiger partial charge in [-0.1, -0.05) is 23.4 Å². The second-order valence-corrected chi connectivity index (χ2v) is 3.50. The summed E-state index contributed by atoms with van der Waals surface area (Å²) in [6, 6.07) is 8.07. The zero-order valence-electron chi connectivity index (χ0n) is 7.04. The van der Waals surface area contributed by atoms with Crippen molar-refractivity contribution in [2.75, 3.05) is 7.11 Å². The van der Waals surface area contributed by atoms with Gasteiger partial charge in [0.15, 0.2) is 0 Å². The molecule has 1 aromatic rings. The molecule has 3 heteroatoms. The monoisotopic (exact) mass is 275 g/mol. The lowest BCUT2D eigenvalue weighted by molar-refractivity contribution is 0.213. The van der Waals surface area contributed by atoms with Crippen molar-refractivity contribution in [3.63, 3.8) is 0 Å². The van der Waals surface area contributed by atoms with Gasteiger partial charge in [0.2, 0.25) is 0 Å². The van der Waals surface area contributed by atoms with Gasteiger partial charge in [0.05, 0.1) is 5.71 Å². The Bertz CT molecular complexity index is 296. The molecule has 0 N–H and O–H groups in total. The third-order valence-electron chi connectivity index (χ3n) is 1.49. The topological polar surface area (TPSA) is 21.6 Å². The van der Waals surface area contributed by atoms with Gasteiger partial charge in [-0.2, -0.15) is 0 Å². The molecule has 0 saturated heterocycles. The molecular weight excluding hydrogens is 265 g/mol. The van der Waals surface area contributed by atoms with Crippen LogP contribution in [0.4, 0.5) is 0 Å². The molecule has 0 aliphatic rings. The van der Waals surface area contributed by atoms with Gasteiger partial charge in [-0.3, -0.25) is 0 Å². The van der Waals surface area contributed by atoms with Crippen molar-refractivity contribution in [3.8, 4) is 0 Å². The van der Waals surface area contributed by atoms with E-state index in [-0.39, 0.29) is 0 Å². The quantitative estimate of drug-likeness (QED) is 0.462. The lowest BCUT2D eigenvalue weighted by Crippen LogP contribution is -1.97. The molecular formula is C9H10INO. The van der Waals surface area contributed by atoms with Gasteiger partial charge < -0.3 is 4.84 Å². The Morgan fingerprint density at radius 3 is 2.67 bits per heavy atom. The van der Waals surface area contributed by atoms with E-state index in [0.29, 0.717) is 0 Å². The second-order valence-electron chi connectivity index (χ2n) is 2.34. The van der Waals surface area contributed by atoms with Crippen LogP contribution in [-0.2, 0) is 4.84 Å². The summed E-state index contributed by atoms with van der Waals surface area (Å²) in [6.07, 6.45) is 0. The Balaban J connectivity index is 3.02. The van der Waals surface area contributed by atoms with Crippen LogP contribution in [0, 0.1) is 3.57 Å². The predicted molar refractivity (Wildman–Crippen MR) is 58.4 cm³/mol. The van der Waals surface area contributed by atoms with Crippen molar-refractivity contribution < 1.29 is 4.84 Å². The van der Waals surface area contributed by atoms with Crippen molar-refractivity contribution >= 4 is 28.3 Å². The maximum atomic E-state index is 4.70. The Morgan fingerprint density at radius 2 is 2.08 bits per heavy atom. The summed E-state index contributed by atoms with van der Waals surface area (Å²) in [7, 11) is 1.55. The second kappa shape index (κ2) is 4.45. The number of nitrogens with zero attached hydrogens (tertiary/aromatic N) is 1. The van der Waals surface area contributed by atoms with Crippen molar-refractivity contribution in [2.24, 2.45) is 5.16 Å². The van der Waals surface area contributed by atoms with Crippen LogP contribution >= 0.6 is 22.6 Å². The van der Waals surface area contributed by atoms with Gasteiger partial charge in [0.1, 0.15) is 7.11 Å². The zero-order valence-corrected chi connectivity index (χ0v) is 9.20. The largest absolute Gasteiger partial charge is 0.399 e. The molecule has 0 radical (unpaired) electrons. The summed E-state index contributed by atoms with van der Waals surface area (Å²) in [5, 5.41) is 3.87. The normalized spacial score (nSPS) is 11.4. The van der Waals surface area contributed by atoms with Gasteiger partial charge in [-0.25, -0.2) is 0 Å². The smallest absolute Gasteiger partial charge is 0.106 e. The highest BCUT2D eigenvalue weighted by Gasteiger charge is 2.01. The molecule has 0 aromatic heterocycles. The molecule has 0 bridgehead atoms. The average Bonchev–Trinajstić information content (AvgIpc) is 2.05. The molecule has 0 atom stereocenters. The summed E-state index contributed by atoms with van der Waals surface area (Å²) in [6.45, 7) is 1.93. The highest BCUT2D eigenvalue weighted by Crippen LogP contribution is 2.12. The van der Waals surface area contributed by atoms with Crippen LogP contribution in [-0.4, -0.2) is 12.8 Å². The Morgan fingerprint density at radius 1 is 1.42 bits per heavy atom. The Labute approximate surface area is 85.8 Å². The van der Waals surface area contributed by atoms with E-state index in [4.69, 9.17) is 4.84 Å². The molecule has 1 aromatic carbocycles. The highest BCUT2D eigenvalue weighted by atomic mass is 127. The van der Waals surface area contributed by atoms with Crippen molar-refractivity contribution in [3.05, 3.63) is 33.4 Å². The summed E-state index contributed by atoms with van der Waals surface area (Å²) >= 11 is 2.28. The molecule has 64 valence electrons. The van der Waals surface area contributed by atoms with Gasteiger partial charge in [-0.05, 0) is 35.6 Å². The lowest BCUT2D eigenvalue weighted by atomic mass is 10.1. The maximum absolute atomic E-state index is 4.70. The SMILES string of the molecule is CO/N=C(\C)c1ccccc1I. The van der Waals surface area contributed by atoms with Crippen LogP contribution in [0.1, 0.15) is 12.5 Å². The number of halogens is 1. The van der Waals surface area contributed by atoms with E-state index in [1.54, 1.807) is 7.11 Å². The number of rotatable bonds is 2. The van der Waals surface area contributed by atoms with Gasteiger partial charge >= 0.3 is 0 Å². The van der Waals surface area contributed by atoms with Crippen molar-refractivity contribution in [1.82, 2.24) is 0 Å². The Kier molecular flexibility index (Phi) is 3.52. The van der Waals surface area contributed by atoms with Crippen LogP contribution in [0.15, 0.2) is 29.4 Å². The first-order valence-corrected chi connectivity index (χ1v) is 4.66. The van der Waals surface area contributed by atoms with E-state index in [0.717, 1.165) is 11.3 Å². The molecule has 12 heavy (non-hydrogen) atoms. The molecule has 0 aliphatic heterocycles. The van der Waals surface area contributed by atoms with Gasteiger partial charge in [0, 0.05) is 9.13 Å². The fraction of sp³-hybridized carbons (Fsp3) is 0.222. The van der Waals surface area contributed by atoms with Crippen molar-refractivity contribution in [1.29, 1.82) is 0 Å². The van der Waals surface area contributed by atoms with Crippen LogP contribution in [0.3, 0.4) is 0 Å². The minimum absolute atomic E-state index is 0.905. The third kappa shape index (κ3) is 2.20. The zero-order chi connectivity index (χ0) is 8.97. The molecule has 0 unspecified atom stereocenters. The van der Waals surface area contributed by atoms with E-state index in [2.05, 4.69) is 27.7 Å². The van der Waals surface area contributed by atoms with E-state index in [1.165, 1.54) is 3.57 Å². The predicted octanol–water partition coefficient (Wildman–Crippen LogP) is 2.66. The van der Waals surface area contributed by atoms with E-state index < -0.39 is 0 Å². The summed E-state index contributed by atoms with van der Waals surface area (Å²) in [5.74, 6) is 0. The molecule has 0 fully saturated rings. The van der Waals surface area contributed by atoms with Gasteiger partial charge in [0.25, 0.3) is 0 Å².